The third-order valence-electron chi connectivity index (χ3n) is 6.94. The molecule has 1 fully saturated rings. The van der Waals surface area contributed by atoms with Gasteiger partial charge in [-0.3, -0.25) is 0 Å². The van der Waals surface area contributed by atoms with Gasteiger partial charge in [-0.05, 0) is 16.7 Å². The van der Waals surface area contributed by atoms with Gasteiger partial charge in [0.15, 0.2) is 0 Å². The van der Waals surface area contributed by atoms with E-state index >= 15 is 0 Å². The van der Waals surface area contributed by atoms with Crippen molar-refractivity contribution < 1.29 is 30.6 Å². The predicted molar refractivity (Wildman–Crippen MR) is 123 cm³/mol. The van der Waals surface area contributed by atoms with Gasteiger partial charge in [-0.1, -0.05) is 91.0 Å². The van der Waals surface area contributed by atoms with Gasteiger partial charge >= 0.3 is 0 Å². The van der Waals surface area contributed by atoms with Crippen molar-refractivity contribution >= 4 is 0 Å². The fraction of sp³-hybridized carbons (Fsp3) is 0.333. The minimum Gasteiger partial charge on any atom is -0.387 e. The highest BCUT2D eigenvalue weighted by Crippen LogP contribution is 2.47. The van der Waals surface area contributed by atoms with Gasteiger partial charge in [-0.15, -0.1) is 0 Å². The number of hydrogen-bond acceptors (Lipinski definition) is 6. The van der Waals surface area contributed by atoms with Gasteiger partial charge in [0.1, 0.15) is 35.1 Å². The van der Waals surface area contributed by atoms with Crippen molar-refractivity contribution in [3.63, 3.8) is 0 Å². The van der Waals surface area contributed by atoms with Gasteiger partial charge in [-0.2, -0.15) is 0 Å². The van der Waals surface area contributed by atoms with E-state index in [1.165, 1.54) is 0 Å². The molecule has 0 saturated heterocycles. The quantitative estimate of drug-likeness (QED) is 0.333. The van der Waals surface area contributed by atoms with Gasteiger partial charge < -0.3 is 30.6 Å². The third-order valence-corrected chi connectivity index (χ3v) is 6.94. The minimum atomic E-state index is -2.38. The van der Waals surface area contributed by atoms with Crippen molar-refractivity contribution in [3.05, 3.63) is 108 Å². The van der Waals surface area contributed by atoms with Crippen molar-refractivity contribution in [2.45, 2.75) is 54.4 Å². The second kappa shape index (κ2) is 8.99. The lowest BCUT2D eigenvalue weighted by atomic mass is 9.56. The molecule has 33 heavy (non-hydrogen) atoms. The first-order valence-electron chi connectivity index (χ1n) is 11.0. The molecule has 0 amide bonds. The third kappa shape index (κ3) is 4.10. The predicted octanol–water partition coefficient (Wildman–Crippen LogP) is 1.00. The average Bonchev–Trinajstić information content (AvgIpc) is 2.83. The lowest BCUT2D eigenvalue weighted by Gasteiger charge is -2.59. The Morgan fingerprint density at radius 1 is 0.485 bits per heavy atom. The summed E-state index contributed by atoms with van der Waals surface area (Å²) in [6.07, 6.45) is -6.56. The lowest BCUT2D eigenvalue weighted by molar-refractivity contribution is -0.340. The highest BCUT2D eigenvalue weighted by molar-refractivity contribution is 5.32. The van der Waals surface area contributed by atoms with E-state index in [4.69, 9.17) is 0 Å². The molecule has 0 heterocycles. The standard InChI is InChI=1S/C27H30O6/c28-22-23(29)26(32,17-20-12-6-2-7-13-20)27(33,18-21-14-8-3-9-15-21)24(30)25(22,31)16-19-10-4-1-5-11-19/h1-15,22-24,28-33H,16-18H2/t22-,23-,24-,25+,26+,27-/m0/s1. The Labute approximate surface area is 193 Å². The maximum Gasteiger partial charge on any atom is 0.129 e. The number of benzene rings is 3. The van der Waals surface area contributed by atoms with Crippen molar-refractivity contribution in [2.24, 2.45) is 0 Å². The van der Waals surface area contributed by atoms with Crippen molar-refractivity contribution in [1.82, 2.24) is 0 Å². The van der Waals surface area contributed by atoms with Crippen LogP contribution in [-0.4, -0.2) is 65.8 Å². The molecule has 4 rings (SSSR count). The van der Waals surface area contributed by atoms with Crippen molar-refractivity contribution in [1.29, 1.82) is 0 Å². The Morgan fingerprint density at radius 3 is 1.27 bits per heavy atom. The van der Waals surface area contributed by atoms with Gasteiger partial charge in [-0.25, -0.2) is 0 Å². The Hall–Kier alpha value is -2.58. The van der Waals surface area contributed by atoms with Gasteiger partial charge in [0.25, 0.3) is 0 Å². The molecule has 0 radical (unpaired) electrons. The fourth-order valence-corrected chi connectivity index (χ4v) is 5.05. The first kappa shape index (κ1) is 23.6. The molecule has 6 N–H and O–H groups in total. The molecule has 174 valence electrons. The van der Waals surface area contributed by atoms with Crippen LogP contribution in [0.1, 0.15) is 16.7 Å². The van der Waals surface area contributed by atoms with E-state index in [0.29, 0.717) is 16.7 Å². The second-order valence-corrected chi connectivity index (χ2v) is 9.12. The van der Waals surface area contributed by atoms with Crippen LogP contribution in [0.25, 0.3) is 0 Å². The molecule has 3 aromatic rings. The van der Waals surface area contributed by atoms with Gasteiger partial charge in [0.2, 0.25) is 0 Å². The first-order valence-corrected chi connectivity index (χ1v) is 11.0. The summed E-state index contributed by atoms with van der Waals surface area (Å²) >= 11 is 0. The van der Waals surface area contributed by atoms with E-state index in [9.17, 15) is 30.6 Å². The van der Waals surface area contributed by atoms with Crippen LogP contribution in [0.4, 0.5) is 0 Å². The summed E-state index contributed by atoms with van der Waals surface area (Å²) in [7, 11) is 0. The minimum absolute atomic E-state index is 0.230. The van der Waals surface area contributed by atoms with Crippen LogP contribution in [0.2, 0.25) is 0 Å². The Kier molecular flexibility index (Phi) is 6.42. The average molecular weight is 451 g/mol. The van der Waals surface area contributed by atoms with Crippen LogP contribution < -0.4 is 0 Å². The molecule has 6 atom stereocenters. The second-order valence-electron chi connectivity index (χ2n) is 9.12. The topological polar surface area (TPSA) is 121 Å². The molecule has 1 aliphatic carbocycles. The molecule has 3 aromatic carbocycles. The molecule has 1 saturated carbocycles. The number of aliphatic hydroxyl groups is 6. The SMILES string of the molecule is O[C@H]1[C@H](O)[C@](O)(Cc2ccccc2)[C@](O)(Cc2ccccc2)[C@@H](O)[C@@]1(O)Cc1ccccc1. The molecular weight excluding hydrogens is 420 g/mol. The lowest BCUT2D eigenvalue weighted by Crippen LogP contribution is -2.83. The maximum atomic E-state index is 11.9. The zero-order chi connectivity index (χ0) is 23.7. The van der Waals surface area contributed by atoms with E-state index in [2.05, 4.69) is 0 Å². The molecular formula is C27H30O6. The molecule has 0 aromatic heterocycles. The smallest absolute Gasteiger partial charge is 0.129 e. The van der Waals surface area contributed by atoms with Crippen LogP contribution in [0.5, 0.6) is 0 Å². The summed E-state index contributed by atoms with van der Waals surface area (Å²) in [6, 6.07) is 26.2. The van der Waals surface area contributed by atoms with Crippen LogP contribution in [0.3, 0.4) is 0 Å². The van der Waals surface area contributed by atoms with Gasteiger partial charge in [0.05, 0.1) is 0 Å². The van der Waals surface area contributed by atoms with Crippen LogP contribution in [0.15, 0.2) is 91.0 Å². The normalized spacial score (nSPS) is 34.2. The largest absolute Gasteiger partial charge is 0.387 e. The monoisotopic (exact) mass is 450 g/mol. The summed E-state index contributed by atoms with van der Waals surface area (Å²) in [5.41, 5.74) is -5.26. The molecule has 6 heteroatoms. The number of aliphatic hydroxyl groups excluding tert-OH is 3. The van der Waals surface area contributed by atoms with E-state index in [-0.39, 0.29) is 19.3 Å². The first-order chi connectivity index (χ1) is 15.7. The van der Waals surface area contributed by atoms with E-state index in [1.54, 1.807) is 91.0 Å². The molecule has 6 nitrogen and oxygen atoms in total. The number of rotatable bonds is 6. The van der Waals surface area contributed by atoms with Gasteiger partial charge in [0, 0.05) is 19.3 Å². The molecule has 0 bridgehead atoms. The Bertz CT molecular complexity index is 1050. The summed E-state index contributed by atoms with van der Waals surface area (Å²) in [5.74, 6) is 0. The van der Waals surface area contributed by atoms with E-state index < -0.39 is 35.1 Å². The zero-order valence-corrected chi connectivity index (χ0v) is 18.2. The van der Waals surface area contributed by atoms with Crippen LogP contribution in [0, 0.1) is 0 Å². The van der Waals surface area contributed by atoms with E-state index in [0.717, 1.165) is 0 Å². The van der Waals surface area contributed by atoms with E-state index in [1.807, 2.05) is 0 Å². The van der Waals surface area contributed by atoms with Crippen LogP contribution in [-0.2, 0) is 19.3 Å². The molecule has 1 aliphatic rings. The van der Waals surface area contributed by atoms with Crippen molar-refractivity contribution in [2.75, 3.05) is 0 Å². The summed E-state index contributed by atoms with van der Waals surface area (Å²) in [6.45, 7) is 0. The maximum absolute atomic E-state index is 11.9. The molecule has 0 spiro atoms. The summed E-state index contributed by atoms with van der Waals surface area (Å²) in [5, 5.41) is 68.9. The highest BCUT2D eigenvalue weighted by Gasteiger charge is 2.71. The summed E-state index contributed by atoms with van der Waals surface area (Å²) < 4.78 is 0. The number of hydrogen-bond donors (Lipinski definition) is 6. The van der Waals surface area contributed by atoms with Crippen LogP contribution >= 0.6 is 0 Å². The Morgan fingerprint density at radius 2 is 0.848 bits per heavy atom. The molecule has 0 aliphatic heterocycles. The summed E-state index contributed by atoms with van der Waals surface area (Å²) in [4.78, 5) is 0. The molecule has 0 unspecified atom stereocenters. The fourth-order valence-electron chi connectivity index (χ4n) is 5.05. The highest BCUT2D eigenvalue weighted by atomic mass is 16.4. The Balaban J connectivity index is 1.81. The van der Waals surface area contributed by atoms with Crippen molar-refractivity contribution in [3.8, 4) is 0 Å². The zero-order valence-electron chi connectivity index (χ0n) is 18.2.